The van der Waals surface area contributed by atoms with Crippen molar-refractivity contribution < 1.29 is 9.26 Å². The van der Waals surface area contributed by atoms with E-state index in [0.29, 0.717) is 11.8 Å². The zero-order valence-corrected chi connectivity index (χ0v) is 11.0. The molecule has 1 aliphatic rings. The number of aromatic nitrogens is 2. The molecule has 1 atom stereocenters. The van der Waals surface area contributed by atoms with Gasteiger partial charge in [0.15, 0.2) is 5.82 Å². The fourth-order valence-electron chi connectivity index (χ4n) is 2.18. The molecule has 3 rings (SSSR count). The van der Waals surface area contributed by atoms with Gasteiger partial charge in [0, 0.05) is 12.5 Å². The summed E-state index contributed by atoms with van der Waals surface area (Å²) in [7, 11) is 1.65. The lowest BCUT2D eigenvalue weighted by Crippen LogP contribution is -2.28. The standard InChI is InChI=1S/C12H15N3O2S/c1-16-9-4-6-18-10(9)12-14-11(15-17-12)8-3-2-5-13-7-8/h4,6,8,13H,2-3,5,7H2,1H3. The van der Waals surface area contributed by atoms with E-state index < -0.39 is 0 Å². The van der Waals surface area contributed by atoms with Crippen molar-refractivity contribution in [3.05, 3.63) is 17.3 Å². The summed E-state index contributed by atoms with van der Waals surface area (Å²) in [5, 5.41) is 9.41. The molecule has 2 aromatic heterocycles. The SMILES string of the molecule is COc1ccsc1-c1nc(C2CCCNC2)no1. The first-order chi connectivity index (χ1) is 8.88. The molecule has 96 valence electrons. The van der Waals surface area contributed by atoms with Gasteiger partial charge in [-0.2, -0.15) is 4.98 Å². The zero-order chi connectivity index (χ0) is 12.4. The topological polar surface area (TPSA) is 60.2 Å². The summed E-state index contributed by atoms with van der Waals surface area (Å²) < 4.78 is 10.6. The van der Waals surface area contributed by atoms with Crippen LogP contribution >= 0.6 is 11.3 Å². The Balaban J connectivity index is 1.84. The second-order valence-electron chi connectivity index (χ2n) is 4.32. The van der Waals surface area contributed by atoms with Crippen LogP contribution in [-0.2, 0) is 0 Å². The Morgan fingerprint density at radius 3 is 3.28 bits per heavy atom. The molecule has 0 bridgehead atoms. The molecule has 1 aliphatic heterocycles. The maximum absolute atomic E-state index is 5.35. The maximum atomic E-state index is 5.35. The van der Waals surface area contributed by atoms with Crippen LogP contribution in [0.4, 0.5) is 0 Å². The Morgan fingerprint density at radius 2 is 2.50 bits per heavy atom. The lowest BCUT2D eigenvalue weighted by Gasteiger charge is -2.19. The van der Waals surface area contributed by atoms with Crippen LogP contribution < -0.4 is 10.1 Å². The van der Waals surface area contributed by atoms with Crippen molar-refractivity contribution in [3.63, 3.8) is 0 Å². The summed E-state index contributed by atoms with van der Waals surface area (Å²) in [6.07, 6.45) is 2.28. The van der Waals surface area contributed by atoms with E-state index in [-0.39, 0.29) is 0 Å². The lowest BCUT2D eigenvalue weighted by molar-refractivity contribution is 0.389. The summed E-state index contributed by atoms with van der Waals surface area (Å²) >= 11 is 1.55. The van der Waals surface area contributed by atoms with Crippen LogP contribution in [0.25, 0.3) is 10.8 Å². The molecule has 3 heterocycles. The van der Waals surface area contributed by atoms with Crippen LogP contribution in [0.5, 0.6) is 5.75 Å². The third kappa shape index (κ3) is 2.13. The molecule has 1 N–H and O–H groups in total. The first kappa shape index (κ1) is 11.7. The van der Waals surface area contributed by atoms with Gasteiger partial charge in [0.1, 0.15) is 10.6 Å². The summed E-state index contributed by atoms with van der Waals surface area (Å²) in [4.78, 5) is 5.40. The normalized spacial score (nSPS) is 19.9. The van der Waals surface area contributed by atoms with Gasteiger partial charge in [-0.1, -0.05) is 5.16 Å². The van der Waals surface area contributed by atoms with Gasteiger partial charge < -0.3 is 14.6 Å². The highest BCUT2D eigenvalue weighted by Crippen LogP contribution is 2.35. The van der Waals surface area contributed by atoms with E-state index in [4.69, 9.17) is 9.26 Å². The predicted molar refractivity (Wildman–Crippen MR) is 69.0 cm³/mol. The first-order valence-electron chi connectivity index (χ1n) is 6.04. The molecule has 1 unspecified atom stereocenters. The molecule has 0 spiro atoms. The van der Waals surface area contributed by atoms with Crippen molar-refractivity contribution in [3.8, 4) is 16.5 Å². The van der Waals surface area contributed by atoms with Crippen LogP contribution in [0.1, 0.15) is 24.6 Å². The number of methoxy groups -OCH3 is 1. The van der Waals surface area contributed by atoms with Crippen molar-refractivity contribution in [2.75, 3.05) is 20.2 Å². The number of rotatable bonds is 3. The molecule has 1 fully saturated rings. The molecule has 2 aromatic rings. The van der Waals surface area contributed by atoms with Crippen LogP contribution in [0.3, 0.4) is 0 Å². The molecule has 5 nitrogen and oxygen atoms in total. The number of hydrogen-bond acceptors (Lipinski definition) is 6. The molecular formula is C12H15N3O2S. The molecule has 0 saturated carbocycles. The molecule has 18 heavy (non-hydrogen) atoms. The Kier molecular flexibility index (Phi) is 3.29. The largest absolute Gasteiger partial charge is 0.495 e. The Labute approximate surface area is 109 Å². The monoisotopic (exact) mass is 265 g/mol. The maximum Gasteiger partial charge on any atom is 0.271 e. The number of nitrogens with zero attached hydrogens (tertiary/aromatic N) is 2. The van der Waals surface area contributed by atoms with Gasteiger partial charge in [-0.3, -0.25) is 0 Å². The second kappa shape index (κ2) is 5.07. The summed E-state index contributed by atoms with van der Waals surface area (Å²) in [6.45, 7) is 2.01. The van der Waals surface area contributed by atoms with Gasteiger partial charge >= 0.3 is 0 Å². The highest BCUT2D eigenvalue weighted by Gasteiger charge is 2.22. The fraction of sp³-hybridized carbons (Fsp3) is 0.500. The van der Waals surface area contributed by atoms with Gasteiger partial charge in [-0.15, -0.1) is 11.3 Å². The minimum Gasteiger partial charge on any atom is -0.495 e. The smallest absolute Gasteiger partial charge is 0.271 e. The molecule has 6 heteroatoms. The van der Waals surface area contributed by atoms with Gasteiger partial charge in [0.05, 0.1) is 7.11 Å². The molecule has 1 saturated heterocycles. The average molecular weight is 265 g/mol. The number of hydrogen-bond donors (Lipinski definition) is 1. The van der Waals surface area contributed by atoms with Crippen molar-refractivity contribution in [2.24, 2.45) is 0 Å². The summed E-state index contributed by atoms with van der Waals surface area (Å²) in [6, 6.07) is 1.91. The average Bonchev–Trinajstić information content (AvgIpc) is 3.08. The lowest BCUT2D eigenvalue weighted by atomic mass is 9.99. The van der Waals surface area contributed by atoms with E-state index in [0.717, 1.165) is 42.4 Å². The van der Waals surface area contributed by atoms with E-state index in [1.807, 2.05) is 11.4 Å². The third-order valence-electron chi connectivity index (χ3n) is 3.15. The van der Waals surface area contributed by atoms with Crippen LogP contribution in [0.15, 0.2) is 16.0 Å². The molecular weight excluding hydrogens is 250 g/mol. The Bertz CT molecular complexity index is 517. The molecule has 0 amide bonds. The quantitative estimate of drug-likeness (QED) is 0.922. The van der Waals surface area contributed by atoms with Gasteiger partial charge in [0.25, 0.3) is 5.89 Å². The third-order valence-corrected chi connectivity index (χ3v) is 4.03. The highest BCUT2D eigenvalue weighted by atomic mass is 32.1. The zero-order valence-electron chi connectivity index (χ0n) is 10.2. The Morgan fingerprint density at radius 1 is 1.56 bits per heavy atom. The van der Waals surface area contributed by atoms with Crippen molar-refractivity contribution in [1.29, 1.82) is 0 Å². The van der Waals surface area contributed by atoms with E-state index in [2.05, 4.69) is 15.5 Å². The highest BCUT2D eigenvalue weighted by molar-refractivity contribution is 7.13. The number of ether oxygens (including phenoxy) is 1. The second-order valence-corrected chi connectivity index (χ2v) is 5.24. The molecule has 0 radical (unpaired) electrons. The van der Waals surface area contributed by atoms with Crippen molar-refractivity contribution in [2.45, 2.75) is 18.8 Å². The van der Waals surface area contributed by atoms with Crippen LogP contribution in [0, 0.1) is 0 Å². The van der Waals surface area contributed by atoms with Gasteiger partial charge in [0.2, 0.25) is 0 Å². The fourth-order valence-corrected chi connectivity index (χ4v) is 2.96. The van der Waals surface area contributed by atoms with Crippen molar-refractivity contribution >= 4 is 11.3 Å². The van der Waals surface area contributed by atoms with Gasteiger partial charge in [-0.25, -0.2) is 0 Å². The molecule has 0 aromatic carbocycles. The van der Waals surface area contributed by atoms with Crippen LogP contribution in [-0.4, -0.2) is 30.3 Å². The van der Waals surface area contributed by atoms with E-state index in [9.17, 15) is 0 Å². The van der Waals surface area contributed by atoms with E-state index in [1.165, 1.54) is 0 Å². The first-order valence-corrected chi connectivity index (χ1v) is 6.92. The molecule has 0 aliphatic carbocycles. The number of thiophene rings is 1. The minimum atomic E-state index is 0.363. The minimum absolute atomic E-state index is 0.363. The summed E-state index contributed by atoms with van der Waals surface area (Å²) in [5.74, 6) is 2.51. The summed E-state index contributed by atoms with van der Waals surface area (Å²) in [5.41, 5.74) is 0. The van der Waals surface area contributed by atoms with Crippen molar-refractivity contribution in [1.82, 2.24) is 15.5 Å². The van der Waals surface area contributed by atoms with Gasteiger partial charge in [-0.05, 0) is 30.8 Å². The van der Waals surface area contributed by atoms with Crippen LogP contribution in [0.2, 0.25) is 0 Å². The van der Waals surface area contributed by atoms with E-state index >= 15 is 0 Å². The Hall–Kier alpha value is -1.40. The number of nitrogens with one attached hydrogen (secondary N) is 1. The number of piperidine rings is 1. The predicted octanol–water partition coefficient (Wildman–Crippen LogP) is 2.27. The van der Waals surface area contributed by atoms with E-state index in [1.54, 1.807) is 18.4 Å².